The predicted octanol–water partition coefficient (Wildman–Crippen LogP) is 9.05. The molecule has 1 N–H and O–H groups in total. The van der Waals surface area contributed by atoms with E-state index in [0.29, 0.717) is 0 Å². The maximum absolute atomic E-state index is 3.58. The first-order chi connectivity index (χ1) is 14.4. The van der Waals surface area contributed by atoms with E-state index in [2.05, 4.69) is 79.0 Å². The average Bonchev–Trinajstić information content (AvgIpc) is 2.76. The zero-order chi connectivity index (χ0) is 20.2. The Morgan fingerprint density at radius 1 is 0.586 bits per heavy atom. The normalized spacial score (nSPS) is 11.1. The van der Waals surface area contributed by atoms with E-state index in [4.69, 9.17) is 0 Å². The van der Waals surface area contributed by atoms with Crippen LogP contribution in [0.15, 0.2) is 66.7 Å². The number of rotatable bonds is 13. The van der Waals surface area contributed by atoms with Crippen molar-refractivity contribution in [2.24, 2.45) is 0 Å². The molecule has 3 aromatic carbocycles. The Kier molecular flexibility index (Phi) is 9.10. The van der Waals surface area contributed by atoms with Gasteiger partial charge in [0, 0.05) is 16.8 Å². The van der Waals surface area contributed by atoms with Crippen LogP contribution in [0.3, 0.4) is 0 Å². The van der Waals surface area contributed by atoms with Crippen LogP contribution in [0.25, 0.3) is 10.8 Å². The lowest BCUT2D eigenvalue weighted by Gasteiger charge is -2.10. The topological polar surface area (TPSA) is 12.0 Å². The number of aryl methyl sites for hydroxylation is 1. The van der Waals surface area contributed by atoms with Crippen LogP contribution in [0, 0.1) is 0 Å². The Labute approximate surface area is 177 Å². The smallest absolute Gasteiger partial charge is 0.0463 e. The number of benzene rings is 3. The molecule has 0 bridgehead atoms. The lowest BCUT2D eigenvalue weighted by molar-refractivity contribution is 0.556. The fourth-order valence-electron chi connectivity index (χ4n) is 4.06. The van der Waals surface area contributed by atoms with Crippen molar-refractivity contribution in [1.29, 1.82) is 0 Å². The van der Waals surface area contributed by atoms with Gasteiger partial charge in [-0.25, -0.2) is 0 Å². The summed E-state index contributed by atoms with van der Waals surface area (Å²) >= 11 is 0. The minimum absolute atomic E-state index is 1.16. The lowest BCUT2D eigenvalue weighted by Crippen LogP contribution is -1.92. The van der Waals surface area contributed by atoms with Crippen LogP contribution in [0.5, 0.6) is 0 Å². The van der Waals surface area contributed by atoms with E-state index in [1.807, 2.05) is 0 Å². The van der Waals surface area contributed by atoms with Crippen LogP contribution in [0.4, 0.5) is 11.4 Å². The third kappa shape index (κ3) is 7.24. The number of hydrogen-bond donors (Lipinski definition) is 1. The SMILES string of the molecule is CCCCCCCCCCCCc1ccc(Nc2cccc3ccccc23)cc1. The van der Waals surface area contributed by atoms with Gasteiger partial charge >= 0.3 is 0 Å². The summed E-state index contributed by atoms with van der Waals surface area (Å²) in [5.41, 5.74) is 3.78. The molecule has 1 nitrogen and oxygen atoms in total. The van der Waals surface area contributed by atoms with Crippen molar-refractivity contribution < 1.29 is 0 Å². The quantitative estimate of drug-likeness (QED) is 0.288. The third-order valence-corrected chi connectivity index (χ3v) is 5.84. The summed E-state index contributed by atoms with van der Waals surface area (Å²) in [5.74, 6) is 0. The van der Waals surface area contributed by atoms with E-state index in [1.54, 1.807) is 0 Å². The highest BCUT2D eigenvalue weighted by atomic mass is 14.9. The van der Waals surface area contributed by atoms with Gasteiger partial charge in [0.1, 0.15) is 0 Å². The first-order valence-electron chi connectivity index (χ1n) is 11.7. The highest BCUT2D eigenvalue weighted by Crippen LogP contribution is 2.26. The summed E-state index contributed by atoms with van der Waals surface area (Å²) in [6.07, 6.45) is 15.2. The van der Waals surface area contributed by atoms with Gasteiger partial charge < -0.3 is 5.32 Å². The van der Waals surface area contributed by atoms with Gasteiger partial charge in [0.2, 0.25) is 0 Å². The van der Waals surface area contributed by atoms with Crippen molar-refractivity contribution in [1.82, 2.24) is 0 Å². The van der Waals surface area contributed by atoms with E-state index in [-0.39, 0.29) is 0 Å². The van der Waals surface area contributed by atoms with Gasteiger partial charge in [-0.3, -0.25) is 0 Å². The van der Waals surface area contributed by atoms with E-state index >= 15 is 0 Å². The van der Waals surface area contributed by atoms with Crippen LogP contribution < -0.4 is 5.32 Å². The number of hydrogen-bond acceptors (Lipinski definition) is 1. The molecule has 0 spiro atoms. The Morgan fingerprint density at radius 2 is 1.21 bits per heavy atom. The fraction of sp³-hybridized carbons (Fsp3) is 0.429. The monoisotopic (exact) mass is 387 g/mol. The molecule has 0 aliphatic carbocycles. The van der Waals surface area contributed by atoms with Crippen LogP contribution >= 0.6 is 0 Å². The summed E-state index contributed by atoms with van der Waals surface area (Å²) in [6, 6.07) is 24.0. The number of nitrogens with one attached hydrogen (secondary N) is 1. The highest BCUT2D eigenvalue weighted by molar-refractivity contribution is 5.95. The largest absolute Gasteiger partial charge is 0.355 e. The Balaban J connectivity index is 1.36. The van der Waals surface area contributed by atoms with Crippen LogP contribution in [0.1, 0.15) is 76.7 Å². The Morgan fingerprint density at radius 3 is 1.93 bits per heavy atom. The standard InChI is InChI=1S/C28H37N/c1-2-3-4-5-6-7-8-9-10-11-15-24-20-22-26(23-21-24)29-28-19-14-17-25-16-12-13-18-27(25)28/h12-14,16-23,29H,2-11,15H2,1H3. The first kappa shape index (κ1) is 21.4. The minimum atomic E-state index is 1.16. The van der Waals surface area contributed by atoms with Crippen molar-refractivity contribution in [3.8, 4) is 0 Å². The van der Waals surface area contributed by atoms with Crippen molar-refractivity contribution in [3.05, 3.63) is 72.3 Å². The number of unbranched alkanes of at least 4 members (excludes halogenated alkanes) is 9. The molecule has 0 aromatic heterocycles. The fourth-order valence-corrected chi connectivity index (χ4v) is 4.06. The minimum Gasteiger partial charge on any atom is -0.355 e. The Bertz CT molecular complexity index is 829. The average molecular weight is 388 g/mol. The zero-order valence-electron chi connectivity index (χ0n) is 18.1. The summed E-state index contributed by atoms with van der Waals surface area (Å²) in [6.45, 7) is 2.29. The molecular formula is C28H37N. The summed E-state index contributed by atoms with van der Waals surface area (Å²) < 4.78 is 0. The molecule has 0 aliphatic heterocycles. The maximum Gasteiger partial charge on any atom is 0.0463 e. The molecule has 0 heterocycles. The molecule has 154 valence electrons. The van der Waals surface area contributed by atoms with Crippen molar-refractivity contribution in [2.45, 2.75) is 77.6 Å². The van der Waals surface area contributed by atoms with Crippen molar-refractivity contribution in [2.75, 3.05) is 5.32 Å². The van der Waals surface area contributed by atoms with Gasteiger partial charge in [0.15, 0.2) is 0 Å². The molecule has 0 radical (unpaired) electrons. The Hall–Kier alpha value is -2.28. The van der Waals surface area contributed by atoms with Crippen LogP contribution in [0.2, 0.25) is 0 Å². The van der Waals surface area contributed by atoms with Crippen molar-refractivity contribution >= 4 is 22.1 Å². The molecule has 0 fully saturated rings. The van der Waals surface area contributed by atoms with E-state index in [1.165, 1.54) is 92.7 Å². The molecule has 0 saturated carbocycles. The third-order valence-electron chi connectivity index (χ3n) is 5.84. The van der Waals surface area contributed by atoms with Gasteiger partial charge in [-0.1, -0.05) is 113 Å². The van der Waals surface area contributed by atoms with E-state index in [0.717, 1.165) is 5.69 Å². The molecule has 0 amide bonds. The molecule has 3 aromatic rings. The van der Waals surface area contributed by atoms with Gasteiger partial charge in [-0.05, 0) is 42.0 Å². The highest BCUT2D eigenvalue weighted by Gasteiger charge is 2.01. The molecule has 0 unspecified atom stereocenters. The van der Waals surface area contributed by atoms with Crippen molar-refractivity contribution in [3.63, 3.8) is 0 Å². The molecule has 0 atom stereocenters. The second kappa shape index (κ2) is 12.3. The predicted molar refractivity (Wildman–Crippen MR) is 129 cm³/mol. The van der Waals surface area contributed by atoms with Gasteiger partial charge in [-0.2, -0.15) is 0 Å². The molecule has 0 saturated heterocycles. The second-order valence-electron chi connectivity index (χ2n) is 8.28. The molecule has 29 heavy (non-hydrogen) atoms. The number of fused-ring (bicyclic) bond motifs is 1. The van der Waals surface area contributed by atoms with Crippen LogP contribution in [-0.2, 0) is 6.42 Å². The van der Waals surface area contributed by atoms with E-state index < -0.39 is 0 Å². The first-order valence-corrected chi connectivity index (χ1v) is 11.7. The van der Waals surface area contributed by atoms with Gasteiger partial charge in [0.25, 0.3) is 0 Å². The molecule has 1 heteroatoms. The maximum atomic E-state index is 3.58. The van der Waals surface area contributed by atoms with E-state index in [9.17, 15) is 0 Å². The molecule has 0 aliphatic rings. The molecule has 3 rings (SSSR count). The van der Waals surface area contributed by atoms with Gasteiger partial charge in [0.05, 0.1) is 0 Å². The summed E-state index contributed by atoms with van der Waals surface area (Å²) in [5, 5.41) is 6.12. The second-order valence-corrected chi connectivity index (χ2v) is 8.28. The molecular weight excluding hydrogens is 350 g/mol. The number of anilines is 2. The lowest BCUT2D eigenvalue weighted by atomic mass is 10.0. The van der Waals surface area contributed by atoms with Crippen LogP contribution in [-0.4, -0.2) is 0 Å². The summed E-state index contributed by atoms with van der Waals surface area (Å²) in [7, 11) is 0. The zero-order valence-corrected chi connectivity index (χ0v) is 18.1. The summed E-state index contributed by atoms with van der Waals surface area (Å²) in [4.78, 5) is 0. The van der Waals surface area contributed by atoms with Gasteiger partial charge in [-0.15, -0.1) is 0 Å².